The molecule has 4 heteroatoms. The molecule has 1 fully saturated rings. The van der Waals surface area contributed by atoms with Crippen LogP contribution in [0.3, 0.4) is 0 Å². The summed E-state index contributed by atoms with van der Waals surface area (Å²) in [6, 6.07) is 5.09. The molecule has 1 aromatic rings. The number of aliphatic hydroxyl groups is 1. The topological polar surface area (TPSA) is 49.5 Å². The maximum Gasteiger partial charge on any atom is 0.126 e. The maximum absolute atomic E-state index is 13.2. The summed E-state index contributed by atoms with van der Waals surface area (Å²) >= 11 is 0. The highest BCUT2D eigenvalue weighted by atomic mass is 19.1. The van der Waals surface area contributed by atoms with Crippen molar-refractivity contribution in [2.75, 3.05) is 19.6 Å². The molecule has 1 unspecified atom stereocenters. The Morgan fingerprint density at radius 2 is 2.11 bits per heavy atom. The lowest BCUT2D eigenvalue weighted by Crippen LogP contribution is -2.41. The molecule has 1 atom stereocenters. The Hall–Kier alpha value is -0.970. The summed E-state index contributed by atoms with van der Waals surface area (Å²) in [7, 11) is 0. The van der Waals surface area contributed by atoms with E-state index in [2.05, 4.69) is 4.90 Å². The number of nitrogens with zero attached hydrogens (tertiary/aromatic N) is 1. The van der Waals surface area contributed by atoms with Crippen molar-refractivity contribution in [3.63, 3.8) is 0 Å². The molecule has 0 saturated carbocycles. The molecule has 0 aliphatic carbocycles. The van der Waals surface area contributed by atoms with E-state index in [4.69, 9.17) is 5.73 Å². The summed E-state index contributed by atoms with van der Waals surface area (Å²) in [6.45, 7) is 4.17. The number of nitrogens with two attached hydrogens (primary N) is 1. The number of hydrogen-bond acceptors (Lipinski definition) is 3. The van der Waals surface area contributed by atoms with Crippen LogP contribution in [0.2, 0.25) is 0 Å². The van der Waals surface area contributed by atoms with E-state index in [1.54, 1.807) is 19.1 Å². The van der Waals surface area contributed by atoms with Crippen LogP contribution < -0.4 is 5.73 Å². The molecule has 0 bridgehead atoms. The minimum absolute atomic E-state index is 0.227. The third kappa shape index (κ3) is 3.28. The van der Waals surface area contributed by atoms with E-state index in [1.807, 2.05) is 0 Å². The monoisotopic (exact) mass is 252 g/mol. The number of aryl methyl sites for hydroxylation is 1. The first-order chi connectivity index (χ1) is 8.56. The van der Waals surface area contributed by atoms with E-state index >= 15 is 0 Å². The van der Waals surface area contributed by atoms with Crippen LogP contribution >= 0.6 is 0 Å². The predicted octanol–water partition coefficient (Wildman–Crippen LogP) is 1.59. The summed E-state index contributed by atoms with van der Waals surface area (Å²) < 4.78 is 13.2. The van der Waals surface area contributed by atoms with Crippen LogP contribution in [0.15, 0.2) is 18.2 Å². The van der Waals surface area contributed by atoms with Gasteiger partial charge < -0.3 is 15.7 Å². The highest BCUT2D eigenvalue weighted by Gasteiger charge is 2.19. The Balaban J connectivity index is 1.94. The van der Waals surface area contributed by atoms with Gasteiger partial charge in [0.1, 0.15) is 5.82 Å². The standard InChI is InChI=1S/C14H21FN2O/c1-10-8-11(2-3-13(10)15)14(18)9-17-6-4-12(16)5-7-17/h2-3,8,12,14,18H,4-7,9,16H2,1H3. The summed E-state index contributed by atoms with van der Waals surface area (Å²) in [5.41, 5.74) is 7.20. The molecular formula is C14H21FN2O. The minimum Gasteiger partial charge on any atom is -0.387 e. The van der Waals surface area contributed by atoms with Crippen molar-refractivity contribution >= 4 is 0 Å². The van der Waals surface area contributed by atoms with Gasteiger partial charge in [-0.3, -0.25) is 0 Å². The van der Waals surface area contributed by atoms with Crippen LogP contribution in [0.5, 0.6) is 0 Å². The quantitative estimate of drug-likeness (QED) is 0.859. The average Bonchev–Trinajstić information content (AvgIpc) is 2.35. The Bertz CT molecular complexity index is 403. The van der Waals surface area contributed by atoms with E-state index in [0.29, 0.717) is 18.2 Å². The van der Waals surface area contributed by atoms with Gasteiger partial charge in [0.05, 0.1) is 6.10 Å². The van der Waals surface area contributed by atoms with Crippen LogP contribution in [-0.4, -0.2) is 35.7 Å². The third-order valence-electron chi connectivity index (χ3n) is 3.63. The van der Waals surface area contributed by atoms with Crippen molar-refractivity contribution in [1.29, 1.82) is 0 Å². The number of benzene rings is 1. The van der Waals surface area contributed by atoms with Gasteiger partial charge in [0.15, 0.2) is 0 Å². The van der Waals surface area contributed by atoms with Gasteiger partial charge in [-0.25, -0.2) is 4.39 Å². The zero-order valence-corrected chi connectivity index (χ0v) is 10.8. The molecule has 100 valence electrons. The molecular weight excluding hydrogens is 231 g/mol. The molecule has 2 rings (SSSR count). The summed E-state index contributed by atoms with van der Waals surface area (Å²) in [5.74, 6) is -0.227. The summed E-state index contributed by atoms with van der Waals surface area (Å²) in [5, 5.41) is 10.2. The fourth-order valence-electron chi connectivity index (χ4n) is 2.36. The van der Waals surface area contributed by atoms with Crippen molar-refractivity contribution in [1.82, 2.24) is 4.90 Å². The Morgan fingerprint density at radius 1 is 1.44 bits per heavy atom. The lowest BCUT2D eigenvalue weighted by molar-refractivity contribution is 0.0976. The van der Waals surface area contributed by atoms with Crippen molar-refractivity contribution in [3.05, 3.63) is 35.1 Å². The molecule has 0 amide bonds. The SMILES string of the molecule is Cc1cc(C(O)CN2CCC(N)CC2)ccc1F. The largest absolute Gasteiger partial charge is 0.387 e. The van der Waals surface area contributed by atoms with Crippen LogP contribution in [-0.2, 0) is 0 Å². The van der Waals surface area contributed by atoms with Crippen molar-refractivity contribution in [2.24, 2.45) is 5.73 Å². The lowest BCUT2D eigenvalue weighted by Gasteiger charge is -2.31. The first kappa shape index (κ1) is 13.5. The van der Waals surface area contributed by atoms with Gasteiger partial charge in [-0.15, -0.1) is 0 Å². The zero-order chi connectivity index (χ0) is 13.1. The summed E-state index contributed by atoms with van der Waals surface area (Å²) in [6.07, 6.45) is 1.41. The molecule has 1 aliphatic rings. The fourth-order valence-corrected chi connectivity index (χ4v) is 2.36. The number of likely N-dealkylation sites (tertiary alicyclic amines) is 1. The van der Waals surface area contributed by atoms with E-state index < -0.39 is 6.10 Å². The Morgan fingerprint density at radius 3 is 2.72 bits per heavy atom. The number of β-amino-alcohol motifs (C(OH)–C–C–N with tert-alkyl or cyclic N) is 1. The average molecular weight is 252 g/mol. The molecule has 1 aromatic carbocycles. The van der Waals surface area contributed by atoms with E-state index in [-0.39, 0.29) is 5.82 Å². The van der Waals surface area contributed by atoms with Gasteiger partial charge in [0, 0.05) is 12.6 Å². The molecule has 3 N–H and O–H groups in total. The molecule has 1 heterocycles. The first-order valence-electron chi connectivity index (χ1n) is 6.48. The lowest BCUT2D eigenvalue weighted by atomic mass is 10.0. The van der Waals surface area contributed by atoms with E-state index in [0.717, 1.165) is 31.5 Å². The van der Waals surface area contributed by atoms with Crippen LogP contribution in [0, 0.1) is 12.7 Å². The second-order valence-corrected chi connectivity index (χ2v) is 5.16. The van der Waals surface area contributed by atoms with Gasteiger partial charge in [-0.2, -0.15) is 0 Å². The highest BCUT2D eigenvalue weighted by Crippen LogP contribution is 2.19. The van der Waals surface area contributed by atoms with Gasteiger partial charge in [-0.1, -0.05) is 12.1 Å². The van der Waals surface area contributed by atoms with Crippen molar-refractivity contribution < 1.29 is 9.50 Å². The fraction of sp³-hybridized carbons (Fsp3) is 0.571. The Labute approximate surface area is 107 Å². The minimum atomic E-state index is -0.557. The molecule has 18 heavy (non-hydrogen) atoms. The maximum atomic E-state index is 13.2. The first-order valence-corrected chi connectivity index (χ1v) is 6.48. The van der Waals surface area contributed by atoms with Crippen LogP contribution in [0.25, 0.3) is 0 Å². The number of piperidine rings is 1. The molecule has 3 nitrogen and oxygen atoms in total. The second kappa shape index (κ2) is 5.78. The predicted molar refractivity (Wildman–Crippen MR) is 69.7 cm³/mol. The number of halogens is 1. The zero-order valence-electron chi connectivity index (χ0n) is 10.8. The molecule has 1 aliphatic heterocycles. The normalized spacial score (nSPS) is 20.0. The second-order valence-electron chi connectivity index (χ2n) is 5.16. The van der Waals surface area contributed by atoms with Crippen LogP contribution in [0.1, 0.15) is 30.1 Å². The molecule has 0 radical (unpaired) electrons. The van der Waals surface area contributed by atoms with E-state index in [1.165, 1.54) is 6.07 Å². The van der Waals surface area contributed by atoms with Crippen LogP contribution in [0.4, 0.5) is 4.39 Å². The molecule has 0 spiro atoms. The molecule has 0 aromatic heterocycles. The summed E-state index contributed by atoms with van der Waals surface area (Å²) in [4.78, 5) is 2.21. The Kier molecular flexibility index (Phi) is 4.32. The number of hydrogen-bond donors (Lipinski definition) is 2. The third-order valence-corrected chi connectivity index (χ3v) is 3.63. The van der Waals surface area contributed by atoms with Gasteiger partial charge in [-0.05, 0) is 50.0 Å². The van der Waals surface area contributed by atoms with Gasteiger partial charge in [0.25, 0.3) is 0 Å². The molecule has 1 saturated heterocycles. The van der Waals surface area contributed by atoms with Crippen molar-refractivity contribution in [3.8, 4) is 0 Å². The van der Waals surface area contributed by atoms with E-state index in [9.17, 15) is 9.50 Å². The van der Waals surface area contributed by atoms with Gasteiger partial charge >= 0.3 is 0 Å². The smallest absolute Gasteiger partial charge is 0.126 e. The number of aliphatic hydroxyl groups excluding tert-OH is 1. The van der Waals surface area contributed by atoms with Crippen molar-refractivity contribution in [2.45, 2.75) is 31.9 Å². The van der Waals surface area contributed by atoms with Gasteiger partial charge in [0.2, 0.25) is 0 Å². The highest BCUT2D eigenvalue weighted by molar-refractivity contribution is 5.25. The number of rotatable bonds is 3.